The predicted molar refractivity (Wildman–Crippen MR) is 235 cm³/mol. The summed E-state index contributed by atoms with van der Waals surface area (Å²) in [5, 5.41) is 35.7. The first-order valence-electron chi connectivity index (χ1n) is 21.3. The van der Waals surface area contributed by atoms with Crippen LogP contribution in [0, 0.1) is 27.9 Å². The number of hydrogen-bond acceptors (Lipinski definition) is 12. The van der Waals surface area contributed by atoms with Crippen molar-refractivity contribution in [3.05, 3.63) is 118 Å². The maximum Gasteiger partial charge on any atom is 0.269 e. The SMILES string of the molecule is C=CCOC12Oc3ccc(Oc4ccc(OC)c(C=O)c4)cc3C3C(CCCCO)C(CCCCO)C=C(C(=NOC)CC1N(CCC)C(=O)C=Cc1ccc([N+](=O)[O-])cc1)C32. The van der Waals surface area contributed by atoms with E-state index in [0.717, 1.165) is 43.1 Å². The van der Waals surface area contributed by atoms with Crippen molar-refractivity contribution in [1.82, 2.24) is 4.90 Å². The van der Waals surface area contributed by atoms with Crippen molar-refractivity contribution in [3.63, 3.8) is 0 Å². The summed E-state index contributed by atoms with van der Waals surface area (Å²) < 4.78 is 26.1. The first-order chi connectivity index (χ1) is 30.2. The van der Waals surface area contributed by atoms with Gasteiger partial charge in [0, 0.05) is 55.9 Å². The van der Waals surface area contributed by atoms with Crippen LogP contribution in [0.1, 0.15) is 85.7 Å². The summed E-state index contributed by atoms with van der Waals surface area (Å²) in [6, 6.07) is 16.0. The highest BCUT2D eigenvalue weighted by molar-refractivity contribution is 6.03. The molecule has 6 atom stereocenters. The largest absolute Gasteiger partial charge is 0.496 e. The molecule has 1 saturated carbocycles. The van der Waals surface area contributed by atoms with Gasteiger partial charge in [0.05, 0.1) is 35.8 Å². The number of methoxy groups -OCH3 is 1. The zero-order valence-electron chi connectivity index (χ0n) is 35.6. The Morgan fingerprint density at radius 1 is 1.03 bits per heavy atom. The Labute approximate surface area is 362 Å². The molecule has 3 aromatic carbocycles. The molecule has 62 heavy (non-hydrogen) atoms. The molecule has 0 bridgehead atoms. The molecule has 0 spiro atoms. The number of hydrogen-bond donors (Lipinski definition) is 2. The number of ether oxygens (including phenoxy) is 4. The summed E-state index contributed by atoms with van der Waals surface area (Å²) >= 11 is 0. The van der Waals surface area contributed by atoms with E-state index >= 15 is 0 Å². The van der Waals surface area contributed by atoms with Crippen molar-refractivity contribution in [2.45, 2.75) is 76.0 Å². The van der Waals surface area contributed by atoms with Gasteiger partial charge in [-0.05, 0) is 110 Å². The lowest BCUT2D eigenvalue weighted by Gasteiger charge is -2.60. The normalized spacial score (nSPS) is 23.1. The van der Waals surface area contributed by atoms with E-state index in [1.54, 1.807) is 47.4 Å². The number of aliphatic hydroxyl groups excluding tert-OH is 2. The second-order valence-electron chi connectivity index (χ2n) is 15.8. The first kappa shape index (κ1) is 45.7. The molecular weight excluding hydrogens is 795 g/mol. The lowest BCUT2D eigenvalue weighted by atomic mass is 9.55. The molecule has 1 heterocycles. The molecule has 1 fully saturated rings. The number of aliphatic hydroxyl groups is 2. The molecular formula is C48H57N3O11. The van der Waals surface area contributed by atoms with Gasteiger partial charge in [-0.25, -0.2) is 0 Å². The van der Waals surface area contributed by atoms with Crippen LogP contribution >= 0.6 is 0 Å². The van der Waals surface area contributed by atoms with Crippen molar-refractivity contribution >= 4 is 29.7 Å². The topological polar surface area (TPSA) is 179 Å². The highest BCUT2D eigenvalue weighted by Crippen LogP contribution is 2.62. The zero-order valence-corrected chi connectivity index (χ0v) is 35.6. The van der Waals surface area contributed by atoms with Gasteiger partial charge in [0.15, 0.2) is 6.29 Å². The number of non-ortho nitro benzene ring substituents is 1. The molecule has 6 unspecified atom stereocenters. The molecule has 3 aliphatic rings. The number of amides is 1. The van der Waals surface area contributed by atoms with Gasteiger partial charge in [-0.3, -0.25) is 19.7 Å². The summed E-state index contributed by atoms with van der Waals surface area (Å²) in [5.74, 6) is -0.533. The van der Waals surface area contributed by atoms with Gasteiger partial charge in [0.25, 0.3) is 5.69 Å². The van der Waals surface area contributed by atoms with Crippen LogP contribution in [-0.4, -0.2) is 90.4 Å². The van der Waals surface area contributed by atoms with Crippen molar-refractivity contribution in [3.8, 4) is 23.0 Å². The number of nitrogens with zero attached hydrogens (tertiary/aromatic N) is 3. The number of carbonyl (C=O) groups is 2. The Kier molecular flexibility index (Phi) is 15.7. The average Bonchev–Trinajstić information content (AvgIpc) is 3.28. The number of oxime groups is 1. The Bertz CT molecular complexity index is 2150. The number of unbranched alkanes of at least 4 members (excludes halogenated alkanes) is 2. The van der Waals surface area contributed by atoms with Gasteiger partial charge < -0.3 is 38.9 Å². The highest BCUT2D eigenvalue weighted by atomic mass is 16.7. The Morgan fingerprint density at radius 3 is 2.42 bits per heavy atom. The fourth-order valence-electron chi connectivity index (χ4n) is 9.46. The lowest BCUT2D eigenvalue weighted by molar-refractivity contribution is -0.384. The summed E-state index contributed by atoms with van der Waals surface area (Å²) in [6.07, 6.45) is 13.0. The van der Waals surface area contributed by atoms with Crippen molar-refractivity contribution in [2.24, 2.45) is 22.9 Å². The van der Waals surface area contributed by atoms with Crippen LogP contribution in [0.2, 0.25) is 0 Å². The molecule has 330 valence electrons. The monoisotopic (exact) mass is 851 g/mol. The molecule has 14 nitrogen and oxygen atoms in total. The molecule has 2 N–H and O–H groups in total. The standard InChI is InChI=1S/C48H57N3O11/c1-5-23-50(45(55)22-15-32-13-16-35(17-14-32)51(56)57)44-30-41(49-59-4)39-28-33(11-7-9-24-52)38(12-8-10-25-53)46-40-29-37(61-36-18-20-42(58-3)34(27-36)31-54)19-21-43(40)62-48(44,47(39)46)60-26-6-2/h6,13-22,27-29,31,33,38,44,46-47,52-53H,2,5,7-12,23-26,30H2,1,3-4H3. The van der Waals surface area contributed by atoms with Crippen molar-refractivity contribution in [1.29, 1.82) is 0 Å². The number of aldehydes is 1. The number of benzene rings is 3. The molecule has 6 rings (SSSR count). The second-order valence-corrected chi connectivity index (χ2v) is 15.8. The highest BCUT2D eigenvalue weighted by Gasteiger charge is 2.65. The minimum absolute atomic E-state index is 0.00107. The predicted octanol–water partition coefficient (Wildman–Crippen LogP) is 8.42. The molecule has 0 aromatic heterocycles. The van der Waals surface area contributed by atoms with E-state index in [4.69, 9.17) is 23.8 Å². The van der Waals surface area contributed by atoms with Crippen LogP contribution in [0.15, 0.2) is 96.2 Å². The third kappa shape index (κ3) is 9.77. The molecule has 14 heteroatoms. The van der Waals surface area contributed by atoms with Gasteiger partial charge in [-0.1, -0.05) is 37.1 Å². The van der Waals surface area contributed by atoms with E-state index < -0.39 is 22.7 Å². The second kappa shape index (κ2) is 21.3. The number of rotatable bonds is 22. The van der Waals surface area contributed by atoms with E-state index in [-0.39, 0.29) is 55.6 Å². The Balaban J connectivity index is 1.54. The van der Waals surface area contributed by atoms with E-state index in [0.29, 0.717) is 65.6 Å². The van der Waals surface area contributed by atoms with Crippen molar-refractivity contribution < 1.29 is 48.5 Å². The van der Waals surface area contributed by atoms with E-state index in [2.05, 4.69) is 17.8 Å². The zero-order chi connectivity index (χ0) is 44.2. The summed E-state index contributed by atoms with van der Waals surface area (Å²) in [7, 11) is 3.00. The number of fused-ring (bicyclic) bond motifs is 2. The quantitative estimate of drug-likeness (QED) is 0.0248. The molecule has 2 aliphatic carbocycles. The molecule has 0 saturated heterocycles. The van der Waals surface area contributed by atoms with E-state index in [9.17, 15) is 29.9 Å². The molecule has 3 aromatic rings. The minimum Gasteiger partial charge on any atom is -0.496 e. The summed E-state index contributed by atoms with van der Waals surface area (Å²) in [4.78, 5) is 44.6. The molecule has 0 radical (unpaired) electrons. The molecule has 1 aliphatic heterocycles. The van der Waals surface area contributed by atoms with Crippen LogP contribution in [0.25, 0.3) is 6.08 Å². The van der Waals surface area contributed by atoms with E-state index in [1.807, 2.05) is 25.1 Å². The van der Waals surface area contributed by atoms with Crippen LogP contribution < -0.4 is 14.2 Å². The van der Waals surface area contributed by atoms with Crippen LogP contribution in [0.3, 0.4) is 0 Å². The summed E-state index contributed by atoms with van der Waals surface area (Å²) in [5.41, 5.74) is 3.36. The maximum atomic E-state index is 14.6. The van der Waals surface area contributed by atoms with Crippen LogP contribution in [0.4, 0.5) is 5.69 Å². The van der Waals surface area contributed by atoms with Crippen LogP contribution in [0.5, 0.6) is 23.0 Å². The van der Waals surface area contributed by atoms with Gasteiger partial charge in [0.1, 0.15) is 36.1 Å². The summed E-state index contributed by atoms with van der Waals surface area (Å²) in [6.45, 7) is 6.58. The third-order valence-electron chi connectivity index (χ3n) is 12.1. The first-order valence-corrected chi connectivity index (χ1v) is 21.3. The number of allylic oxidation sites excluding steroid dienone is 1. The van der Waals surface area contributed by atoms with Gasteiger partial charge in [-0.15, -0.1) is 6.58 Å². The number of nitro groups is 1. The average molecular weight is 852 g/mol. The smallest absolute Gasteiger partial charge is 0.269 e. The van der Waals surface area contributed by atoms with Crippen LogP contribution in [-0.2, 0) is 14.4 Å². The number of carbonyl (C=O) groups excluding carboxylic acids is 2. The maximum absolute atomic E-state index is 14.6. The number of nitro benzene ring substituents is 1. The third-order valence-corrected chi connectivity index (χ3v) is 12.1. The van der Waals surface area contributed by atoms with E-state index in [1.165, 1.54) is 32.4 Å². The minimum atomic E-state index is -1.45. The Hall–Kier alpha value is -5.83. The van der Waals surface area contributed by atoms with Gasteiger partial charge in [-0.2, -0.15) is 0 Å². The fraction of sp³-hybridized carbons (Fsp3) is 0.438. The Morgan fingerprint density at radius 2 is 1.76 bits per heavy atom. The van der Waals surface area contributed by atoms with Crippen molar-refractivity contribution in [2.75, 3.05) is 40.6 Å². The lowest BCUT2D eigenvalue weighted by Crippen LogP contribution is -2.70. The van der Waals surface area contributed by atoms with Gasteiger partial charge >= 0.3 is 0 Å². The fourth-order valence-corrected chi connectivity index (χ4v) is 9.46. The van der Waals surface area contributed by atoms with Gasteiger partial charge in [0.2, 0.25) is 11.7 Å². The molecule has 1 amide bonds.